The second-order valence-electron chi connectivity index (χ2n) is 8.80. The predicted octanol–water partition coefficient (Wildman–Crippen LogP) is 5.76. The van der Waals surface area contributed by atoms with Gasteiger partial charge in [0.05, 0.1) is 29.3 Å². The highest BCUT2D eigenvalue weighted by atomic mass is 32.1. The molecule has 2 aromatic carbocycles. The summed E-state index contributed by atoms with van der Waals surface area (Å²) in [6.45, 7) is 6.98. The molecule has 1 N–H and O–H groups in total. The lowest BCUT2D eigenvalue weighted by molar-refractivity contribution is -0.117. The Hall–Kier alpha value is -4.70. The standard InChI is InChI=1S/C29H24N2O7S/c1-5-12-37-19-10-6-8-17(13-19)23-22(24(33)21-14-18-9-7-11-20(36-4)26(18)38-21)25(34)28(35)31(23)29-30-15(2)27(39-29)16(3)32/h5-11,13-14,23,34H,1,12H2,2-4H3. The van der Waals surface area contributed by atoms with Crippen molar-refractivity contribution in [3.05, 3.63) is 94.4 Å². The summed E-state index contributed by atoms with van der Waals surface area (Å²) in [7, 11) is 1.49. The molecule has 3 heterocycles. The van der Waals surface area contributed by atoms with Crippen LogP contribution in [0.5, 0.6) is 11.5 Å². The van der Waals surface area contributed by atoms with E-state index in [0.717, 1.165) is 11.3 Å². The third-order valence-electron chi connectivity index (χ3n) is 6.26. The van der Waals surface area contributed by atoms with Crippen LogP contribution in [0.1, 0.15) is 44.4 Å². The van der Waals surface area contributed by atoms with Gasteiger partial charge in [-0.15, -0.1) is 0 Å². The number of benzene rings is 2. The predicted molar refractivity (Wildman–Crippen MR) is 146 cm³/mol. The molecule has 10 heteroatoms. The van der Waals surface area contributed by atoms with Crippen molar-refractivity contribution in [3.8, 4) is 11.5 Å². The van der Waals surface area contributed by atoms with Gasteiger partial charge in [-0.3, -0.25) is 19.3 Å². The molecular formula is C29H24N2O7S. The lowest BCUT2D eigenvalue weighted by Gasteiger charge is -2.24. The third kappa shape index (κ3) is 4.48. The molecule has 1 amide bonds. The summed E-state index contributed by atoms with van der Waals surface area (Å²) >= 11 is 1.02. The number of ketones is 2. The van der Waals surface area contributed by atoms with E-state index in [2.05, 4.69) is 11.6 Å². The average Bonchev–Trinajstić information content (AvgIpc) is 3.61. The number of ether oxygens (including phenoxy) is 2. The second kappa shape index (κ2) is 10.2. The molecule has 1 aliphatic heterocycles. The number of Topliss-reactive ketones (excluding diaryl/α,β-unsaturated/α-hetero) is 2. The van der Waals surface area contributed by atoms with E-state index in [-0.39, 0.29) is 28.9 Å². The number of carbonyl (C=O) groups is 3. The van der Waals surface area contributed by atoms with Gasteiger partial charge in [0, 0.05) is 12.3 Å². The fourth-order valence-corrected chi connectivity index (χ4v) is 5.52. The number of fused-ring (bicyclic) bond motifs is 1. The molecule has 9 nitrogen and oxygen atoms in total. The van der Waals surface area contributed by atoms with Gasteiger partial charge in [0.25, 0.3) is 5.91 Å². The molecule has 0 radical (unpaired) electrons. The molecule has 0 saturated heterocycles. The van der Waals surface area contributed by atoms with E-state index in [1.165, 1.54) is 25.0 Å². The van der Waals surface area contributed by atoms with Crippen LogP contribution in [0.2, 0.25) is 0 Å². The first-order valence-electron chi connectivity index (χ1n) is 11.9. The van der Waals surface area contributed by atoms with Crippen LogP contribution in [0.3, 0.4) is 0 Å². The van der Waals surface area contributed by atoms with Crippen molar-refractivity contribution in [3.63, 3.8) is 0 Å². The highest BCUT2D eigenvalue weighted by molar-refractivity contribution is 7.17. The molecule has 4 aromatic rings. The number of aliphatic hydroxyl groups excluding tert-OH is 1. The van der Waals surface area contributed by atoms with Crippen LogP contribution in [0.25, 0.3) is 11.0 Å². The van der Waals surface area contributed by atoms with E-state index >= 15 is 0 Å². The normalized spacial score (nSPS) is 15.2. The second-order valence-corrected chi connectivity index (χ2v) is 9.78. The topological polar surface area (TPSA) is 119 Å². The zero-order valence-electron chi connectivity index (χ0n) is 21.4. The number of amides is 1. The minimum absolute atomic E-state index is 0.0745. The monoisotopic (exact) mass is 544 g/mol. The lowest BCUT2D eigenvalue weighted by atomic mass is 9.95. The SMILES string of the molecule is C=CCOc1cccc(C2C(C(=O)c3cc4cccc(OC)c4o3)=C(O)C(=O)N2c2nc(C)c(C(C)=O)s2)c1. The van der Waals surface area contributed by atoms with Crippen molar-refractivity contribution in [2.75, 3.05) is 18.6 Å². The maximum absolute atomic E-state index is 13.9. The summed E-state index contributed by atoms with van der Waals surface area (Å²) in [5, 5.41) is 11.9. The Bertz CT molecular complexity index is 1680. The first-order valence-corrected chi connectivity index (χ1v) is 12.8. The van der Waals surface area contributed by atoms with Crippen molar-refractivity contribution in [2.24, 2.45) is 0 Å². The number of rotatable bonds is 9. The smallest absolute Gasteiger partial charge is 0.296 e. The van der Waals surface area contributed by atoms with Crippen molar-refractivity contribution in [1.82, 2.24) is 4.98 Å². The Kier molecular flexibility index (Phi) is 6.80. The molecule has 0 aliphatic carbocycles. The van der Waals surface area contributed by atoms with Crippen LogP contribution in [-0.4, -0.2) is 41.3 Å². The molecule has 0 bridgehead atoms. The van der Waals surface area contributed by atoms with Gasteiger partial charge in [0.15, 0.2) is 33.8 Å². The Morgan fingerprint density at radius 2 is 2.00 bits per heavy atom. The number of methoxy groups -OCH3 is 1. The summed E-state index contributed by atoms with van der Waals surface area (Å²) in [5.74, 6) is -1.59. The van der Waals surface area contributed by atoms with Crippen molar-refractivity contribution < 1.29 is 33.4 Å². The minimum atomic E-state index is -1.07. The van der Waals surface area contributed by atoms with E-state index < -0.39 is 23.5 Å². The number of aryl methyl sites for hydroxylation is 1. The van der Waals surface area contributed by atoms with E-state index in [9.17, 15) is 19.5 Å². The van der Waals surface area contributed by atoms with Gasteiger partial charge in [0.1, 0.15) is 12.4 Å². The van der Waals surface area contributed by atoms with Crippen LogP contribution in [0, 0.1) is 6.92 Å². The maximum Gasteiger partial charge on any atom is 0.296 e. The van der Waals surface area contributed by atoms with Gasteiger partial charge >= 0.3 is 0 Å². The van der Waals surface area contributed by atoms with Gasteiger partial charge in [-0.25, -0.2) is 4.98 Å². The largest absolute Gasteiger partial charge is 0.503 e. The quantitative estimate of drug-likeness (QED) is 0.209. The van der Waals surface area contributed by atoms with E-state index in [0.29, 0.717) is 38.6 Å². The number of nitrogens with zero attached hydrogens (tertiary/aromatic N) is 2. The van der Waals surface area contributed by atoms with E-state index in [1.54, 1.807) is 55.5 Å². The zero-order chi connectivity index (χ0) is 27.8. The number of carbonyl (C=O) groups excluding carboxylic acids is 3. The fraction of sp³-hybridized carbons (Fsp3) is 0.172. The lowest BCUT2D eigenvalue weighted by Crippen LogP contribution is -2.31. The Balaban J connectivity index is 1.66. The van der Waals surface area contributed by atoms with Crippen molar-refractivity contribution in [2.45, 2.75) is 19.9 Å². The minimum Gasteiger partial charge on any atom is -0.503 e. The van der Waals surface area contributed by atoms with Crippen LogP contribution >= 0.6 is 11.3 Å². The summed E-state index contributed by atoms with van der Waals surface area (Å²) in [6.07, 6.45) is 1.59. The molecular weight excluding hydrogens is 520 g/mol. The highest BCUT2D eigenvalue weighted by Gasteiger charge is 2.47. The van der Waals surface area contributed by atoms with E-state index in [4.69, 9.17) is 13.9 Å². The average molecular weight is 545 g/mol. The summed E-state index contributed by atoms with van der Waals surface area (Å²) in [5.41, 5.74) is 1.11. The molecule has 39 heavy (non-hydrogen) atoms. The first-order chi connectivity index (χ1) is 18.7. The summed E-state index contributed by atoms with van der Waals surface area (Å²) < 4.78 is 16.9. The number of anilines is 1. The summed E-state index contributed by atoms with van der Waals surface area (Å²) in [4.78, 5) is 45.6. The molecule has 5 rings (SSSR count). The van der Waals surface area contributed by atoms with Crippen molar-refractivity contribution >= 4 is 44.9 Å². The molecule has 1 aliphatic rings. The molecule has 0 spiro atoms. The van der Waals surface area contributed by atoms with Crippen molar-refractivity contribution in [1.29, 1.82) is 0 Å². The Labute approximate surface area is 227 Å². The zero-order valence-corrected chi connectivity index (χ0v) is 22.2. The van der Waals surface area contributed by atoms with Crippen LogP contribution in [0.15, 0.2) is 76.9 Å². The number of aliphatic hydroxyl groups is 1. The van der Waals surface area contributed by atoms with Gasteiger partial charge < -0.3 is 19.0 Å². The van der Waals surface area contributed by atoms with Gasteiger partial charge in [-0.2, -0.15) is 0 Å². The van der Waals surface area contributed by atoms with Crippen LogP contribution < -0.4 is 14.4 Å². The molecule has 2 aromatic heterocycles. The molecule has 198 valence electrons. The molecule has 0 fully saturated rings. The van der Waals surface area contributed by atoms with E-state index in [1.807, 2.05) is 0 Å². The Morgan fingerprint density at radius 3 is 2.69 bits per heavy atom. The number of para-hydroxylation sites is 1. The van der Waals surface area contributed by atoms with Crippen LogP contribution in [-0.2, 0) is 4.79 Å². The van der Waals surface area contributed by atoms with Crippen LogP contribution in [0.4, 0.5) is 5.13 Å². The first kappa shape index (κ1) is 25.9. The van der Waals surface area contributed by atoms with Gasteiger partial charge in [-0.05, 0) is 36.8 Å². The molecule has 1 atom stereocenters. The Morgan fingerprint density at radius 1 is 1.23 bits per heavy atom. The highest BCUT2D eigenvalue weighted by Crippen LogP contribution is 2.45. The number of furan rings is 1. The molecule has 1 unspecified atom stereocenters. The summed E-state index contributed by atoms with van der Waals surface area (Å²) in [6, 6.07) is 12.5. The maximum atomic E-state index is 13.9. The van der Waals surface area contributed by atoms with Gasteiger partial charge in [-0.1, -0.05) is 48.3 Å². The number of thiazole rings is 1. The third-order valence-corrected chi connectivity index (χ3v) is 7.51. The number of hydrogen-bond donors (Lipinski definition) is 1. The van der Waals surface area contributed by atoms with Gasteiger partial charge in [0.2, 0.25) is 5.78 Å². The fourth-order valence-electron chi connectivity index (χ4n) is 4.53. The molecule has 0 saturated carbocycles. The number of hydrogen-bond acceptors (Lipinski definition) is 9. The number of aromatic nitrogens is 1.